The molecule has 0 aliphatic heterocycles. The van der Waals surface area contributed by atoms with E-state index in [2.05, 4.69) is 385 Å². The van der Waals surface area contributed by atoms with E-state index >= 15 is 0 Å². The second-order valence-electron chi connectivity index (χ2n) is 35.9. The Labute approximate surface area is 826 Å². The molecule has 0 atom stereocenters. The van der Waals surface area contributed by atoms with Crippen molar-refractivity contribution in [3.05, 3.63) is 504 Å². The molecule has 0 fully saturated rings. The number of rotatable bonds is 14. The number of hydrogen-bond donors (Lipinski definition) is 0. The average Bonchev–Trinajstić information content (AvgIpc) is 1.55. The molecule has 29 aromatic rings. The minimum atomic E-state index is 0.582. The minimum Gasteiger partial charge on any atom is -0.309 e. The Balaban J connectivity index is 0.000000108. The Morgan fingerprint density at radius 2 is 0.299 bits per heavy atom. The van der Waals surface area contributed by atoms with Crippen LogP contribution in [0.1, 0.15) is 0 Å². The van der Waals surface area contributed by atoms with E-state index in [-0.39, 0.29) is 0 Å². The molecule has 144 heavy (non-hydrogen) atoms. The first-order valence-corrected chi connectivity index (χ1v) is 48.3. The van der Waals surface area contributed by atoms with Gasteiger partial charge < -0.3 is 18.3 Å². The summed E-state index contributed by atoms with van der Waals surface area (Å²) >= 11 is 0. The van der Waals surface area contributed by atoms with E-state index in [1.165, 1.54) is 70.7 Å². The Morgan fingerprint density at radius 1 is 0.111 bits per heavy atom. The fourth-order valence-corrected chi connectivity index (χ4v) is 21.0. The van der Waals surface area contributed by atoms with Crippen LogP contribution in [0, 0.1) is 0 Å². The van der Waals surface area contributed by atoms with Crippen molar-refractivity contribution in [1.82, 2.24) is 72.3 Å². The number of hydrogen-bond acceptors (Lipinski definition) is 9. The molecule has 9 aromatic heterocycles. The van der Waals surface area contributed by atoms with Gasteiger partial charge in [-0.2, -0.15) is 19.9 Å². The quantitative estimate of drug-likeness (QED) is 0.104. The number of para-hydroxylation sites is 9. The monoisotopic (exact) mass is 1840 g/mol. The van der Waals surface area contributed by atoms with Crippen LogP contribution in [0.25, 0.3) is 256 Å². The summed E-state index contributed by atoms with van der Waals surface area (Å²) in [7, 11) is 0. The number of nitrogens with zero attached hydrogens (tertiary/aromatic N) is 15. The van der Waals surface area contributed by atoms with E-state index in [0.717, 1.165) is 133 Å². The fraction of sp³-hybridized carbons (Fsp3) is 0. The molecule has 0 saturated carbocycles. The van der Waals surface area contributed by atoms with E-state index < -0.39 is 0 Å². The van der Waals surface area contributed by atoms with Crippen LogP contribution in [-0.4, -0.2) is 72.3 Å². The summed E-state index contributed by atoms with van der Waals surface area (Å²) in [6.07, 6.45) is 0. The Kier molecular flexibility index (Phi) is 20.5. The van der Waals surface area contributed by atoms with E-state index in [9.17, 15) is 0 Å². The largest absolute Gasteiger partial charge is 0.309 e. The lowest BCUT2D eigenvalue weighted by atomic mass is 10.0. The van der Waals surface area contributed by atoms with Gasteiger partial charge in [0.1, 0.15) is 0 Å². The highest BCUT2D eigenvalue weighted by Gasteiger charge is 2.28. The number of aromatic nitrogens is 15. The summed E-state index contributed by atoms with van der Waals surface area (Å²) in [6, 6.07) is 175. The van der Waals surface area contributed by atoms with Crippen LogP contribution >= 0.6 is 0 Å². The molecule has 0 unspecified atom stereocenters. The average molecular weight is 1840 g/mol. The highest BCUT2D eigenvalue weighted by atomic mass is 15.2. The van der Waals surface area contributed by atoms with Crippen molar-refractivity contribution >= 4 is 131 Å². The molecule has 15 heteroatoms. The highest BCUT2D eigenvalue weighted by molar-refractivity contribution is 6.26. The van der Waals surface area contributed by atoms with Crippen LogP contribution in [0.5, 0.6) is 0 Å². The van der Waals surface area contributed by atoms with Gasteiger partial charge in [0.05, 0.1) is 66.2 Å². The molecular weight excluding hydrogens is 1760 g/mol. The standard InChI is InChI=1S/2C45H29N5.C39H25N5/c1-4-14-30(15-5-1)31-24-26-33(27-25-31)44-46-43(32-16-6-2-7-17-32)47-45(48-44)50-40-23-13-11-21-36(40)38-28-41-37(29-42(38)50)35-20-10-12-22-39(35)49(41)34-18-8-3-9-19-34;1-4-14-30(15-5-1)43-46-44(31-16-6-2-7-17-31)48-45(47-43)32-24-26-34(27-25-32)50-40-23-13-11-21-36(40)38-29-28-37-35-20-10-12-22-39(35)49(41(37)42(38)50)33-18-8-3-9-19-33;1-4-14-26(15-5-1)37-40-38(27-16-6-2-7-17-27)42-39(41-37)44-34-23-13-11-21-30(34)32-25-24-31-29-20-10-12-22-33(29)43(35(31)36(32)44)28-18-8-3-9-19-28/h2*1-29H;1-25H. The predicted molar refractivity (Wildman–Crippen MR) is 589 cm³/mol. The lowest BCUT2D eigenvalue weighted by molar-refractivity contribution is 0.953. The zero-order chi connectivity index (χ0) is 95.1. The second kappa shape index (κ2) is 35.3. The molecule has 9 heterocycles. The van der Waals surface area contributed by atoms with Gasteiger partial charge >= 0.3 is 0 Å². The molecule has 0 aliphatic rings. The van der Waals surface area contributed by atoms with Crippen molar-refractivity contribution < 1.29 is 0 Å². The molecule has 0 saturated heterocycles. The van der Waals surface area contributed by atoms with Crippen molar-refractivity contribution in [2.45, 2.75) is 0 Å². The summed E-state index contributed by atoms with van der Waals surface area (Å²) in [5.74, 6) is 5.63. The third-order valence-corrected chi connectivity index (χ3v) is 27.5. The molecule has 0 spiro atoms. The summed E-state index contributed by atoms with van der Waals surface area (Å²) in [5.41, 5.74) is 26.9. The topological polar surface area (TPSA) is 146 Å². The van der Waals surface area contributed by atoms with Crippen molar-refractivity contribution in [2.75, 3.05) is 0 Å². The maximum atomic E-state index is 5.21. The first-order valence-electron chi connectivity index (χ1n) is 48.3. The minimum absolute atomic E-state index is 0.582. The molecule has 15 nitrogen and oxygen atoms in total. The summed E-state index contributed by atoms with van der Waals surface area (Å²) in [5, 5.41) is 14.2. The lowest BCUT2D eigenvalue weighted by Crippen LogP contribution is -2.07. The van der Waals surface area contributed by atoms with Gasteiger partial charge in [-0.1, -0.05) is 394 Å². The van der Waals surface area contributed by atoms with Gasteiger partial charge in [-0.15, -0.1) is 0 Å². The third kappa shape index (κ3) is 14.5. The number of fused-ring (bicyclic) bond motifs is 20. The van der Waals surface area contributed by atoms with Crippen molar-refractivity contribution in [3.63, 3.8) is 0 Å². The zero-order valence-corrected chi connectivity index (χ0v) is 77.6. The maximum Gasteiger partial charge on any atom is 0.238 e. The molecule has 0 N–H and O–H groups in total. The van der Waals surface area contributed by atoms with Crippen molar-refractivity contribution in [3.8, 4) is 125 Å². The van der Waals surface area contributed by atoms with Gasteiger partial charge in [-0.25, -0.2) is 24.9 Å². The van der Waals surface area contributed by atoms with Crippen LogP contribution in [0.15, 0.2) is 504 Å². The highest BCUT2D eigenvalue weighted by Crippen LogP contribution is 2.47. The molecule has 0 radical (unpaired) electrons. The molecule has 20 aromatic carbocycles. The SMILES string of the molecule is c1ccc(-c2ccc(-c3nc(-c4ccccc4)nc(-n4c5ccccc5c5cc6c(cc54)c4ccccc4n6-c4ccccc4)n3)cc2)cc1.c1ccc(-c2nc(-c3ccccc3)nc(-c3ccc(-n4c5ccccc5c5ccc6c7ccccc7n(-c7ccccc7)c6c54)cc3)n2)cc1.c1ccc(-c2nc(-c3ccccc3)nc(-n3c4ccccc4c4ccc5c6ccccc6n(-c6ccccc6)c5c43)n2)cc1. The summed E-state index contributed by atoms with van der Waals surface area (Å²) < 4.78 is 14.0. The van der Waals surface area contributed by atoms with Crippen LogP contribution in [0.4, 0.5) is 0 Å². The first kappa shape index (κ1) is 83.6. The van der Waals surface area contributed by atoms with Gasteiger partial charge in [0, 0.05) is 126 Å². The number of benzene rings is 20. The Morgan fingerprint density at radius 3 is 0.611 bits per heavy atom. The van der Waals surface area contributed by atoms with E-state index in [0.29, 0.717) is 52.7 Å². The smallest absolute Gasteiger partial charge is 0.238 e. The summed E-state index contributed by atoms with van der Waals surface area (Å²) in [6.45, 7) is 0. The molecule has 0 amide bonds. The van der Waals surface area contributed by atoms with Crippen LogP contribution < -0.4 is 0 Å². The van der Waals surface area contributed by atoms with Gasteiger partial charge in [0.2, 0.25) is 11.9 Å². The van der Waals surface area contributed by atoms with Crippen molar-refractivity contribution in [2.24, 2.45) is 0 Å². The van der Waals surface area contributed by atoms with E-state index in [1.54, 1.807) is 0 Å². The maximum absolute atomic E-state index is 5.21. The van der Waals surface area contributed by atoms with Gasteiger partial charge in [-0.3, -0.25) is 9.13 Å². The van der Waals surface area contributed by atoms with Crippen LogP contribution in [-0.2, 0) is 0 Å². The van der Waals surface area contributed by atoms with Gasteiger partial charge in [-0.05, 0) is 120 Å². The Hall–Kier alpha value is -19.8. The first-order chi connectivity index (χ1) is 71.5. The van der Waals surface area contributed by atoms with Crippen LogP contribution in [0.3, 0.4) is 0 Å². The third-order valence-electron chi connectivity index (χ3n) is 27.5. The van der Waals surface area contributed by atoms with Crippen LogP contribution in [0.2, 0.25) is 0 Å². The van der Waals surface area contributed by atoms with E-state index in [4.69, 9.17) is 44.9 Å². The molecule has 29 rings (SSSR count). The second-order valence-corrected chi connectivity index (χ2v) is 35.9. The van der Waals surface area contributed by atoms with Gasteiger partial charge in [0.25, 0.3) is 0 Å². The van der Waals surface area contributed by atoms with Gasteiger partial charge in [0.15, 0.2) is 40.8 Å². The zero-order valence-electron chi connectivity index (χ0n) is 77.6. The molecule has 0 bridgehead atoms. The fourth-order valence-electron chi connectivity index (χ4n) is 21.0. The normalized spacial score (nSPS) is 11.6. The predicted octanol–water partition coefficient (Wildman–Crippen LogP) is 31.5. The Bertz CT molecular complexity index is 9850. The molecule has 0 aliphatic carbocycles. The van der Waals surface area contributed by atoms with E-state index in [1.807, 2.05) is 146 Å². The lowest BCUT2D eigenvalue weighted by Gasteiger charge is -2.13. The summed E-state index contributed by atoms with van der Waals surface area (Å²) in [4.78, 5) is 45.5. The molecule has 674 valence electrons. The van der Waals surface area contributed by atoms with Crippen molar-refractivity contribution in [1.29, 1.82) is 0 Å². The molecular formula is C129H83N15.